The molecule has 0 amide bonds. The van der Waals surface area contributed by atoms with Crippen LogP contribution in [0.25, 0.3) is 6.08 Å². The van der Waals surface area contributed by atoms with E-state index in [0.717, 1.165) is 0 Å². The maximum absolute atomic E-state index is 13.8. The van der Waals surface area contributed by atoms with Crippen LogP contribution in [0.5, 0.6) is 23.0 Å². The molecule has 0 radical (unpaired) electrons. The molecule has 1 atom stereocenters. The average Bonchev–Trinajstić information content (AvgIpc) is 3.22. The lowest BCUT2D eigenvalue weighted by molar-refractivity contribution is -0.139. The maximum atomic E-state index is 13.8. The molecule has 1 aliphatic heterocycles. The SMILES string of the molecule is C=CCOc1ccc([C@H]2C(C(=O)OCC)=C(C)N=c3s/c(=C/c4ccc(O)c(OC)c4)c(=O)n32)cc1OCC. The van der Waals surface area contributed by atoms with E-state index in [-0.39, 0.29) is 29.2 Å². The van der Waals surface area contributed by atoms with Gasteiger partial charge in [0.2, 0.25) is 0 Å². The summed E-state index contributed by atoms with van der Waals surface area (Å²) in [5.41, 5.74) is 1.71. The van der Waals surface area contributed by atoms with Crippen molar-refractivity contribution < 1.29 is 28.8 Å². The van der Waals surface area contributed by atoms with Crippen LogP contribution in [0.4, 0.5) is 0 Å². The number of esters is 1. The largest absolute Gasteiger partial charge is 0.504 e. The highest BCUT2D eigenvalue weighted by Crippen LogP contribution is 2.36. The van der Waals surface area contributed by atoms with Crippen LogP contribution in [0, 0.1) is 0 Å². The lowest BCUT2D eigenvalue weighted by Gasteiger charge is -2.25. The van der Waals surface area contributed by atoms with Gasteiger partial charge in [0.15, 0.2) is 27.8 Å². The van der Waals surface area contributed by atoms with Crippen molar-refractivity contribution in [2.75, 3.05) is 26.9 Å². The predicted octanol–water partition coefficient (Wildman–Crippen LogP) is 3.48. The first kappa shape index (κ1) is 27.7. The molecule has 1 N–H and O–H groups in total. The van der Waals surface area contributed by atoms with Crippen molar-refractivity contribution in [2.45, 2.75) is 26.8 Å². The molecule has 204 valence electrons. The normalized spacial score (nSPS) is 14.9. The summed E-state index contributed by atoms with van der Waals surface area (Å²) in [4.78, 5) is 32.0. The first-order valence-electron chi connectivity index (χ1n) is 12.4. The molecule has 0 aliphatic carbocycles. The number of carbonyl (C=O) groups excluding carboxylic acids is 1. The molecule has 0 spiro atoms. The van der Waals surface area contributed by atoms with Gasteiger partial charge in [0, 0.05) is 0 Å². The molecule has 1 aromatic heterocycles. The molecule has 3 aromatic rings. The predicted molar refractivity (Wildman–Crippen MR) is 148 cm³/mol. The lowest BCUT2D eigenvalue weighted by Crippen LogP contribution is -2.40. The monoisotopic (exact) mass is 550 g/mol. The van der Waals surface area contributed by atoms with Crippen molar-refractivity contribution in [2.24, 2.45) is 4.99 Å². The van der Waals surface area contributed by atoms with E-state index in [2.05, 4.69) is 11.6 Å². The number of thiazole rings is 1. The van der Waals surface area contributed by atoms with E-state index in [1.54, 1.807) is 56.3 Å². The third kappa shape index (κ3) is 5.61. The first-order chi connectivity index (χ1) is 18.8. The maximum Gasteiger partial charge on any atom is 0.338 e. The van der Waals surface area contributed by atoms with Crippen molar-refractivity contribution in [3.05, 3.63) is 91.1 Å². The van der Waals surface area contributed by atoms with Gasteiger partial charge in [0.05, 0.1) is 42.2 Å². The molecule has 0 bridgehead atoms. The number of hydrogen-bond acceptors (Lipinski definition) is 9. The average molecular weight is 551 g/mol. The van der Waals surface area contributed by atoms with Gasteiger partial charge in [-0.1, -0.05) is 36.1 Å². The van der Waals surface area contributed by atoms with Crippen LogP contribution in [0.1, 0.15) is 37.9 Å². The number of rotatable bonds is 10. The second kappa shape index (κ2) is 12.0. The fraction of sp³-hybridized carbons (Fsp3) is 0.276. The highest BCUT2D eigenvalue weighted by Gasteiger charge is 2.34. The molecule has 9 nitrogen and oxygen atoms in total. The molecule has 10 heteroatoms. The number of aromatic nitrogens is 1. The lowest BCUT2D eigenvalue weighted by atomic mass is 9.95. The van der Waals surface area contributed by atoms with Crippen molar-refractivity contribution in [1.82, 2.24) is 4.57 Å². The number of ether oxygens (including phenoxy) is 4. The van der Waals surface area contributed by atoms with Gasteiger partial charge in [0.1, 0.15) is 6.61 Å². The van der Waals surface area contributed by atoms with E-state index in [4.69, 9.17) is 18.9 Å². The van der Waals surface area contributed by atoms with Crippen LogP contribution in [0.3, 0.4) is 0 Å². The van der Waals surface area contributed by atoms with Crippen molar-refractivity contribution in [3.8, 4) is 23.0 Å². The van der Waals surface area contributed by atoms with Gasteiger partial charge < -0.3 is 24.1 Å². The number of methoxy groups -OCH3 is 1. The van der Waals surface area contributed by atoms with E-state index >= 15 is 0 Å². The minimum Gasteiger partial charge on any atom is -0.504 e. The quantitative estimate of drug-likeness (QED) is 0.304. The van der Waals surface area contributed by atoms with E-state index in [0.29, 0.717) is 50.9 Å². The summed E-state index contributed by atoms with van der Waals surface area (Å²) in [6, 6.07) is 9.33. The topological polar surface area (TPSA) is 109 Å². The van der Waals surface area contributed by atoms with Crippen molar-refractivity contribution in [3.63, 3.8) is 0 Å². The Hall–Kier alpha value is -4.31. The number of fused-ring (bicyclic) bond motifs is 1. The van der Waals surface area contributed by atoms with Gasteiger partial charge in [-0.15, -0.1) is 0 Å². The number of phenolic OH excluding ortho intramolecular Hbond substituents is 1. The standard InChI is InChI=1S/C29H30N2O7S/c1-6-13-38-21-12-10-19(16-23(21)36-7-2)26-25(28(34)37-8-3)17(4)30-29-31(26)27(33)24(39-29)15-18-9-11-20(32)22(14-18)35-5/h6,9-12,14-16,26,32H,1,7-8,13H2,2-5H3/b24-15+/t26-/m0/s1. The second-order valence-corrected chi connectivity index (χ2v) is 9.48. The Morgan fingerprint density at radius 2 is 1.92 bits per heavy atom. The summed E-state index contributed by atoms with van der Waals surface area (Å²) in [6.45, 7) is 9.87. The second-order valence-electron chi connectivity index (χ2n) is 8.47. The van der Waals surface area contributed by atoms with E-state index < -0.39 is 12.0 Å². The van der Waals surface area contributed by atoms with Crippen LogP contribution in [0.15, 0.2) is 70.1 Å². The molecule has 1 aliphatic rings. The summed E-state index contributed by atoms with van der Waals surface area (Å²) in [6.07, 6.45) is 3.33. The summed E-state index contributed by atoms with van der Waals surface area (Å²) in [7, 11) is 1.45. The smallest absolute Gasteiger partial charge is 0.338 e. The molecular weight excluding hydrogens is 520 g/mol. The molecule has 2 aromatic carbocycles. The van der Waals surface area contributed by atoms with E-state index in [1.165, 1.54) is 29.1 Å². The van der Waals surface area contributed by atoms with Gasteiger partial charge in [-0.25, -0.2) is 9.79 Å². The first-order valence-corrected chi connectivity index (χ1v) is 13.2. The molecular formula is C29H30N2O7S. The van der Waals surface area contributed by atoms with E-state index in [1.807, 2.05) is 6.92 Å². The molecule has 0 fully saturated rings. The fourth-order valence-corrected chi connectivity index (χ4v) is 5.32. The fourth-order valence-electron chi connectivity index (χ4n) is 4.27. The Balaban J connectivity index is 1.93. The van der Waals surface area contributed by atoms with Crippen molar-refractivity contribution in [1.29, 1.82) is 0 Å². The van der Waals surface area contributed by atoms with Crippen LogP contribution in [-0.2, 0) is 9.53 Å². The van der Waals surface area contributed by atoms with Gasteiger partial charge >= 0.3 is 5.97 Å². The van der Waals surface area contributed by atoms with Gasteiger partial charge in [-0.2, -0.15) is 0 Å². The zero-order valence-electron chi connectivity index (χ0n) is 22.2. The molecule has 2 heterocycles. The minimum absolute atomic E-state index is 0.00330. The summed E-state index contributed by atoms with van der Waals surface area (Å²) in [5, 5.41) is 9.94. The molecule has 4 rings (SSSR count). The number of hydrogen-bond donors (Lipinski definition) is 1. The van der Waals surface area contributed by atoms with Gasteiger partial charge in [-0.3, -0.25) is 9.36 Å². The highest BCUT2D eigenvalue weighted by molar-refractivity contribution is 7.07. The molecule has 0 saturated heterocycles. The van der Waals surface area contributed by atoms with Crippen LogP contribution < -0.4 is 29.1 Å². The Labute approximate surface area is 229 Å². The van der Waals surface area contributed by atoms with Gasteiger partial charge in [0.25, 0.3) is 5.56 Å². The number of benzene rings is 2. The Morgan fingerprint density at radius 1 is 1.13 bits per heavy atom. The highest BCUT2D eigenvalue weighted by atomic mass is 32.1. The molecule has 39 heavy (non-hydrogen) atoms. The zero-order chi connectivity index (χ0) is 28.1. The van der Waals surface area contributed by atoms with Crippen molar-refractivity contribution >= 4 is 23.4 Å². The van der Waals surface area contributed by atoms with Crippen LogP contribution in [0.2, 0.25) is 0 Å². The number of nitrogens with zero attached hydrogens (tertiary/aromatic N) is 2. The van der Waals surface area contributed by atoms with Crippen LogP contribution >= 0.6 is 11.3 Å². The Kier molecular flexibility index (Phi) is 8.55. The number of phenols is 1. The minimum atomic E-state index is -0.801. The molecule has 0 saturated carbocycles. The van der Waals surface area contributed by atoms with Gasteiger partial charge in [-0.05, 0) is 62.2 Å². The summed E-state index contributed by atoms with van der Waals surface area (Å²) in [5.74, 6) is 0.736. The van der Waals surface area contributed by atoms with Crippen LogP contribution in [-0.4, -0.2) is 42.6 Å². The Bertz CT molecular complexity index is 1620. The number of aromatic hydroxyl groups is 1. The Morgan fingerprint density at radius 3 is 2.62 bits per heavy atom. The summed E-state index contributed by atoms with van der Waals surface area (Å²) < 4.78 is 24.0. The third-order valence-electron chi connectivity index (χ3n) is 5.96. The van der Waals surface area contributed by atoms with E-state index in [9.17, 15) is 14.7 Å². The molecule has 0 unspecified atom stereocenters. The number of carbonyl (C=O) groups is 1. The number of allylic oxidation sites excluding steroid dienone is 1. The third-order valence-corrected chi connectivity index (χ3v) is 6.94. The zero-order valence-corrected chi connectivity index (χ0v) is 23.0. The summed E-state index contributed by atoms with van der Waals surface area (Å²) >= 11 is 1.20.